The van der Waals surface area contributed by atoms with E-state index in [9.17, 15) is 0 Å². The molecule has 0 saturated heterocycles. The van der Waals surface area contributed by atoms with Gasteiger partial charge in [0.1, 0.15) is 0 Å². The Bertz CT molecular complexity index is 529. The fraction of sp³-hybridized carbons (Fsp3) is 0.474. The van der Waals surface area contributed by atoms with Crippen molar-refractivity contribution in [2.45, 2.75) is 58.2 Å². The van der Waals surface area contributed by atoms with E-state index < -0.39 is 8.07 Å². The van der Waals surface area contributed by atoms with Gasteiger partial charge >= 0.3 is 21.7 Å². The summed E-state index contributed by atoms with van der Waals surface area (Å²) in [6, 6.07) is 11.0. The minimum Gasteiger partial charge on any atom is -1.00 e. The van der Waals surface area contributed by atoms with Gasteiger partial charge < -0.3 is 37.2 Å². The molecule has 0 amide bonds. The van der Waals surface area contributed by atoms with Gasteiger partial charge in [-0.05, 0) is 23.8 Å². The van der Waals surface area contributed by atoms with E-state index in [2.05, 4.69) is 76.0 Å². The van der Waals surface area contributed by atoms with Gasteiger partial charge in [0.25, 0.3) is 0 Å². The zero-order valence-corrected chi connectivity index (χ0v) is 20.0. The van der Waals surface area contributed by atoms with Crippen LogP contribution in [-0.4, -0.2) is 8.07 Å². The van der Waals surface area contributed by atoms with Crippen LogP contribution in [0.3, 0.4) is 0 Å². The van der Waals surface area contributed by atoms with Gasteiger partial charge in [0, 0.05) is 8.07 Å². The summed E-state index contributed by atoms with van der Waals surface area (Å²) < 4.78 is 0. The largest absolute Gasteiger partial charge is 4.00 e. The Kier molecular flexibility index (Phi) is 14.6. The summed E-state index contributed by atoms with van der Waals surface area (Å²) in [5, 5.41) is 1.51. The molecule has 0 saturated carbocycles. The molecule has 0 nitrogen and oxygen atoms in total. The van der Waals surface area contributed by atoms with Crippen molar-refractivity contribution in [1.29, 1.82) is 0 Å². The number of hydrogen-bond acceptors (Lipinski definition) is 0. The van der Waals surface area contributed by atoms with Crippen molar-refractivity contribution < 1.29 is 58.9 Å². The fourth-order valence-corrected chi connectivity index (χ4v) is 4.53. The summed E-state index contributed by atoms with van der Waals surface area (Å²) >= 11 is 0. The van der Waals surface area contributed by atoms with Gasteiger partial charge in [0.15, 0.2) is 0 Å². The maximum Gasteiger partial charge on any atom is 4.00 e. The number of allylic oxidation sites excluding steroid dienone is 4. The predicted octanol–water partition coefficient (Wildman–Crippen LogP) is -3.31. The zero-order chi connectivity index (χ0) is 14.8. The van der Waals surface area contributed by atoms with Crippen LogP contribution in [0.4, 0.5) is 0 Å². The topological polar surface area (TPSA) is 0 Å². The van der Waals surface area contributed by atoms with Crippen molar-refractivity contribution >= 4 is 8.07 Å². The molecule has 1 aliphatic rings. The monoisotopic (exact) mass is 436 g/mol. The second-order valence-corrected chi connectivity index (χ2v) is 11.9. The molecule has 0 fully saturated rings. The summed E-state index contributed by atoms with van der Waals surface area (Å²) in [4.78, 5) is 0. The number of rotatable bonds is 5. The molecule has 1 aromatic rings. The third-order valence-corrected chi connectivity index (χ3v) is 6.66. The van der Waals surface area contributed by atoms with Crippen molar-refractivity contribution in [3.05, 3.63) is 58.8 Å². The maximum atomic E-state index is 3.81. The van der Waals surface area contributed by atoms with E-state index in [1.54, 1.807) is 0 Å². The number of benzene rings is 1. The van der Waals surface area contributed by atoms with Gasteiger partial charge in [0.2, 0.25) is 0 Å². The van der Waals surface area contributed by atoms with E-state index in [0.717, 1.165) is 19.3 Å². The van der Waals surface area contributed by atoms with Gasteiger partial charge in [-0.1, -0.05) is 70.2 Å². The standard InChI is InChI=1S/C19H27Si.3ClH.Ti/c1-6-19(7-2,16-11-9-8-10-12-16)17-13-14-18(15-17)20(3,4)5;;;;/h8-12,14H,6-7,13H2,1-5H3;3*1H;/q-1;;;;+4/p-3. The molecule has 2 rings (SSSR count). The summed E-state index contributed by atoms with van der Waals surface area (Å²) in [5.74, 6) is 0. The molecular weight excluding hydrogens is 411 g/mol. The summed E-state index contributed by atoms with van der Waals surface area (Å²) in [6.45, 7) is 11.9. The molecular formula is C19H27Cl3SiTi. The van der Waals surface area contributed by atoms with E-state index >= 15 is 0 Å². The van der Waals surface area contributed by atoms with Crippen LogP contribution in [-0.2, 0) is 27.1 Å². The van der Waals surface area contributed by atoms with Crippen LogP contribution in [0, 0.1) is 6.08 Å². The Balaban J connectivity index is -0.00000110. The molecule has 132 valence electrons. The van der Waals surface area contributed by atoms with Crippen LogP contribution in [0.25, 0.3) is 0 Å². The van der Waals surface area contributed by atoms with E-state index in [4.69, 9.17) is 0 Å². The second kappa shape index (κ2) is 12.0. The zero-order valence-electron chi connectivity index (χ0n) is 15.2. The SMILES string of the molecule is CCC(CC)(C1=[C-]C([Si](C)(C)C)=CC1)c1ccccc1.[Cl-].[Cl-].[Cl-].[Ti+4]. The molecule has 1 aliphatic carbocycles. The van der Waals surface area contributed by atoms with Crippen LogP contribution in [0.15, 0.2) is 47.2 Å². The first-order valence-electron chi connectivity index (χ1n) is 7.83. The van der Waals surface area contributed by atoms with Crippen LogP contribution in [0.1, 0.15) is 38.7 Å². The molecule has 1 aromatic carbocycles. The van der Waals surface area contributed by atoms with Gasteiger partial charge in [-0.15, -0.1) is 0 Å². The van der Waals surface area contributed by atoms with Crippen LogP contribution in [0.5, 0.6) is 0 Å². The van der Waals surface area contributed by atoms with Gasteiger partial charge in [0.05, 0.1) is 0 Å². The fourth-order valence-electron chi connectivity index (χ4n) is 3.29. The molecule has 0 aliphatic heterocycles. The summed E-state index contributed by atoms with van der Waals surface area (Å²) in [6.07, 6.45) is 9.65. The average Bonchev–Trinajstić information content (AvgIpc) is 2.92. The third-order valence-electron chi connectivity index (χ3n) is 4.72. The molecule has 0 radical (unpaired) electrons. The number of hydrogen-bond donors (Lipinski definition) is 0. The molecule has 0 atom stereocenters. The first-order valence-corrected chi connectivity index (χ1v) is 11.3. The Morgan fingerprint density at radius 3 is 1.83 bits per heavy atom. The smallest absolute Gasteiger partial charge is 1.00 e. The first-order chi connectivity index (χ1) is 9.44. The van der Waals surface area contributed by atoms with E-state index in [1.165, 1.54) is 16.3 Å². The predicted molar refractivity (Wildman–Crippen MR) is 91.5 cm³/mol. The van der Waals surface area contributed by atoms with Crippen LogP contribution < -0.4 is 37.2 Å². The molecule has 0 aromatic heterocycles. The maximum absolute atomic E-state index is 3.81. The minimum absolute atomic E-state index is 0. The van der Waals surface area contributed by atoms with Crippen molar-refractivity contribution in [2.24, 2.45) is 0 Å². The third kappa shape index (κ3) is 6.04. The van der Waals surface area contributed by atoms with E-state index in [1.807, 2.05) is 0 Å². The normalized spacial score (nSPS) is 13.4. The van der Waals surface area contributed by atoms with Crippen molar-refractivity contribution in [3.8, 4) is 0 Å². The Morgan fingerprint density at radius 2 is 1.46 bits per heavy atom. The van der Waals surface area contributed by atoms with Crippen LogP contribution in [0.2, 0.25) is 19.6 Å². The Hall–Kier alpha value is 0.501. The molecule has 0 unspecified atom stereocenters. The average molecular weight is 438 g/mol. The quantitative estimate of drug-likeness (QED) is 0.334. The van der Waals surface area contributed by atoms with Gasteiger partial charge in [-0.3, -0.25) is 6.08 Å². The summed E-state index contributed by atoms with van der Waals surface area (Å²) in [7, 11) is -1.24. The van der Waals surface area contributed by atoms with E-state index in [0.29, 0.717) is 0 Å². The van der Waals surface area contributed by atoms with E-state index in [-0.39, 0.29) is 64.4 Å². The Morgan fingerprint density at radius 1 is 0.958 bits per heavy atom. The van der Waals surface area contributed by atoms with Gasteiger partial charge in [-0.2, -0.15) is 5.57 Å². The molecule has 0 heterocycles. The molecule has 0 N–H and O–H groups in total. The van der Waals surface area contributed by atoms with Crippen LogP contribution >= 0.6 is 0 Å². The van der Waals surface area contributed by atoms with Crippen molar-refractivity contribution in [3.63, 3.8) is 0 Å². The molecule has 0 spiro atoms. The van der Waals surface area contributed by atoms with Crippen molar-refractivity contribution in [1.82, 2.24) is 0 Å². The molecule has 24 heavy (non-hydrogen) atoms. The first kappa shape index (κ1) is 29.3. The molecule has 0 bridgehead atoms. The minimum atomic E-state index is -1.24. The van der Waals surface area contributed by atoms with Crippen molar-refractivity contribution in [2.75, 3.05) is 0 Å². The Labute approximate surface area is 183 Å². The summed E-state index contributed by atoms with van der Waals surface area (Å²) in [5.41, 5.74) is 3.14. The van der Waals surface area contributed by atoms with Gasteiger partial charge in [-0.25, -0.2) is 11.3 Å². The number of halogens is 3. The second-order valence-electron chi connectivity index (χ2n) is 6.83. The molecule has 5 heteroatoms.